The highest BCUT2D eigenvalue weighted by Crippen LogP contribution is 2.43. The number of benzene rings is 2. The Morgan fingerprint density at radius 3 is 2.56 bits per heavy atom. The van der Waals surface area contributed by atoms with Crippen molar-refractivity contribution in [3.05, 3.63) is 63.4 Å². The first-order valence-corrected chi connectivity index (χ1v) is 7.69. The Bertz CT molecular complexity index is 851. The quantitative estimate of drug-likeness (QED) is 0.787. The van der Waals surface area contributed by atoms with Crippen LogP contribution in [-0.2, 0) is 6.18 Å². The number of halogens is 5. The number of rotatable bonds is 2. The summed E-state index contributed by atoms with van der Waals surface area (Å²) in [5.41, 5.74) is 4.76. The van der Waals surface area contributed by atoms with E-state index in [1.54, 1.807) is 0 Å². The maximum atomic E-state index is 13.4. The van der Waals surface area contributed by atoms with E-state index in [0.29, 0.717) is 12.0 Å². The van der Waals surface area contributed by atoms with Gasteiger partial charge in [0.1, 0.15) is 11.6 Å². The van der Waals surface area contributed by atoms with Gasteiger partial charge in [-0.05, 0) is 30.2 Å². The third kappa shape index (κ3) is 3.28. The van der Waals surface area contributed by atoms with E-state index in [1.165, 1.54) is 12.1 Å². The number of ether oxygens (including phenoxy) is 1. The van der Waals surface area contributed by atoms with Crippen LogP contribution < -0.4 is 10.5 Å². The van der Waals surface area contributed by atoms with Crippen LogP contribution in [0.25, 0.3) is 0 Å². The van der Waals surface area contributed by atoms with Crippen molar-refractivity contribution in [2.45, 2.75) is 18.5 Å². The zero-order chi connectivity index (χ0) is 18.4. The van der Waals surface area contributed by atoms with E-state index in [2.05, 4.69) is 0 Å². The molecule has 0 saturated carbocycles. The first-order chi connectivity index (χ1) is 11.7. The number of hydrogen-bond acceptors (Lipinski definition) is 2. The van der Waals surface area contributed by atoms with Crippen LogP contribution in [0.1, 0.15) is 39.4 Å². The number of hydrogen-bond donors (Lipinski definition) is 1. The zero-order valence-electron chi connectivity index (χ0n) is 12.7. The fourth-order valence-corrected chi connectivity index (χ4v) is 3.27. The zero-order valence-corrected chi connectivity index (χ0v) is 13.4. The third-order valence-corrected chi connectivity index (χ3v) is 4.41. The molecule has 3 nitrogen and oxygen atoms in total. The van der Waals surface area contributed by atoms with Gasteiger partial charge in [0, 0.05) is 23.1 Å². The topological polar surface area (TPSA) is 52.3 Å². The predicted molar refractivity (Wildman–Crippen MR) is 83.3 cm³/mol. The largest absolute Gasteiger partial charge is 0.493 e. The number of carbonyl (C=O) groups is 1. The molecule has 8 heteroatoms. The minimum atomic E-state index is -4.68. The van der Waals surface area contributed by atoms with Gasteiger partial charge in [-0.3, -0.25) is 4.79 Å². The first kappa shape index (κ1) is 17.5. The molecule has 1 atom stereocenters. The molecule has 1 heterocycles. The molecule has 1 amide bonds. The average molecular weight is 374 g/mol. The lowest BCUT2D eigenvalue weighted by molar-refractivity contribution is -0.137. The lowest BCUT2D eigenvalue weighted by Gasteiger charge is -2.28. The van der Waals surface area contributed by atoms with Crippen LogP contribution in [0.15, 0.2) is 30.3 Å². The summed E-state index contributed by atoms with van der Waals surface area (Å²) < 4.78 is 58.4. The van der Waals surface area contributed by atoms with Gasteiger partial charge < -0.3 is 10.5 Å². The van der Waals surface area contributed by atoms with Crippen LogP contribution in [0.5, 0.6) is 5.75 Å². The van der Waals surface area contributed by atoms with Crippen molar-refractivity contribution < 1.29 is 27.1 Å². The molecule has 1 aliphatic heterocycles. The van der Waals surface area contributed by atoms with Crippen LogP contribution in [-0.4, -0.2) is 12.5 Å². The maximum Gasteiger partial charge on any atom is 0.417 e. The minimum Gasteiger partial charge on any atom is -0.493 e. The van der Waals surface area contributed by atoms with Crippen LogP contribution in [0.3, 0.4) is 0 Å². The fraction of sp³-hybridized carbons (Fsp3) is 0.235. The van der Waals surface area contributed by atoms with E-state index in [0.717, 1.165) is 18.2 Å². The summed E-state index contributed by atoms with van der Waals surface area (Å²) in [6, 6.07) is 5.55. The molecule has 0 fully saturated rings. The molecule has 2 aromatic carbocycles. The summed E-state index contributed by atoms with van der Waals surface area (Å²) in [5.74, 6) is -1.78. The van der Waals surface area contributed by atoms with Crippen LogP contribution >= 0.6 is 11.6 Å². The molecule has 2 aromatic rings. The van der Waals surface area contributed by atoms with E-state index < -0.39 is 34.4 Å². The smallest absolute Gasteiger partial charge is 0.417 e. The van der Waals surface area contributed by atoms with Gasteiger partial charge >= 0.3 is 6.18 Å². The molecule has 0 radical (unpaired) electrons. The van der Waals surface area contributed by atoms with Crippen molar-refractivity contribution in [2.24, 2.45) is 5.73 Å². The molecular weight excluding hydrogens is 362 g/mol. The second-order valence-electron chi connectivity index (χ2n) is 5.65. The SMILES string of the molecule is NC(=O)c1cc(Cl)c(C(F)(F)F)cc1C1CCOc2cc(F)ccc21. The standard InChI is InChI=1S/C17H12ClF4NO2/c18-14-7-12(16(23)24)11(6-13(14)17(20,21)22)9-3-4-25-15-5-8(19)1-2-10(9)15/h1-2,5-7,9H,3-4H2,(H2,23,24). The Balaban J connectivity index is 2.22. The summed E-state index contributed by atoms with van der Waals surface area (Å²) in [4.78, 5) is 11.7. The summed E-state index contributed by atoms with van der Waals surface area (Å²) >= 11 is 5.69. The minimum absolute atomic E-state index is 0.0971. The highest BCUT2D eigenvalue weighted by molar-refractivity contribution is 6.31. The second kappa shape index (κ2) is 6.22. The number of fused-ring (bicyclic) bond motifs is 1. The molecule has 2 N–H and O–H groups in total. The van der Waals surface area contributed by atoms with Crippen molar-refractivity contribution in [3.8, 4) is 5.75 Å². The summed E-state index contributed by atoms with van der Waals surface area (Å²) in [6.07, 6.45) is -4.36. The second-order valence-corrected chi connectivity index (χ2v) is 6.06. The van der Waals surface area contributed by atoms with Gasteiger partial charge in [-0.2, -0.15) is 13.2 Å². The van der Waals surface area contributed by atoms with E-state index in [1.807, 2.05) is 0 Å². The van der Waals surface area contributed by atoms with E-state index >= 15 is 0 Å². The highest BCUT2D eigenvalue weighted by atomic mass is 35.5. The molecule has 1 unspecified atom stereocenters. The Morgan fingerprint density at radius 2 is 1.92 bits per heavy atom. The molecule has 3 rings (SSSR count). The number of alkyl halides is 3. The van der Waals surface area contributed by atoms with Crippen molar-refractivity contribution in [1.82, 2.24) is 0 Å². The van der Waals surface area contributed by atoms with Gasteiger partial charge in [-0.1, -0.05) is 17.7 Å². The Morgan fingerprint density at radius 1 is 1.20 bits per heavy atom. The molecule has 132 valence electrons. The van der Waals surface area contributed by atoms with Gasteiger partial charge in [0.15, 0.2) is 0 Å². The van der Waals surface area contributed by atoms with Crippen LogP contribution in [0.4, 0.5) is 17.6 Å². The third-order valence-electron chi connectivity index (χ3n) is 4.10. The molecule has 0 spiro atoms. The van der Waals surface area contributed by atoms with Crippen molar-refractivity contribution in [2.75, 3.05) is 6.61 Å². The Kier molecular flexibility index (Phi) is 4.36. The molecule has 25 heavy (non-hydrogen) atoms. The Labute approximate surface area is 145 Å². The van der Waals surface area contributed by atoms with E-state index in [9.17, 15) is 22.4 Å². The van der Waals surface area contributed by atoms with Crippen LogP contribution in [0.2, 0.25) is 5.02 Å². The lowest BCUT2D eigenvalue weighted by atomic mass is 9.83. The first-order valence-electron chi connectivity index (χ1n) is 7.31. The van der Waals surface area contributed by atoms with E-state index in [-0.39, 0.29) is 23.5 Å². The van der Waals surface area contributed by atoms with Gasteiger partial charge in [0.2, 0.25) is 5.91 Å². The highest BCUT2D eigenvalue weighted by Gasteiger charge is 2.36. The van der Waals surface area contributed by atoms with Crippen molar-refractivity contribution in [3.63, 3.8) is 0 Å². The fourth-order valence-electron chi connectivity index (χ4n) is 3.00. The van der Waals surface area contributed by atoms with Gasteiger partial charge in [-0.15, -0.1) is 0 Å². The number of primary amides is 1. The van der Waals surface area contributed by atoms with Gasteiger partial charge in [0.05, 0.1) is 17.2 Å². The number of carbonyl (C=O) groups excluding carboxylic acids is 1. The molecule has 1 aliphatic rings. The monoisotopic (exact) mass is 373 g/mol. The molecule has 0 aromatic heterocycles. The van der Waals surface area contributed by atoms with Gasteiger partial charge in [-0.25, -0.2) is 4.39 Å². The molecular formula is C17H12ClF4NO2. The Hall–Kier alpha value is -2.28. The summed E-state index contributed by atoms with van der Waals surface area (Å²) in [6.45, 7) is 0.170. The molecule has 0 aliphatic carbocycles. The molecule has 0 saturated heterocycles. The lowest BCUT2D eigenvalue weighted by Crippen LogP contribution is -2.22. The summed E-state index contributed by atoms with van der Waals surface area (Å²) in [5, 5.41) is -0.601. The summed E-state index contributed by atoms with van der Waals surface area (Å²) in [7, 11) is 0. The maximum absolute atomic E-state index is 13.4. The van der Waals surface area contributed by atoms with E-state index in [4.69, 9.17) is 22.1 Å². The molecule has 0 bridgehead atoms. The number of amides is 1. The van der Waals surface area contributed by atoms with Gasteiger partial charge in [0.25, 0.3) is 0 Å². The van der Waals surface area contributed by atoms with Crippen molar-refractivity contribution >= 4 is 17.5 Å². The van der Waals surface area contributed by atoms with Crippen LogP contribution in [0, 0.1) is 5.82 Å². The van der Waals surface area contributed by atoms with Crippen molar-refractivity contribution in [1.29, 1.82) is 0 Å². The average Bonchev–Trinajstić information content (AvgIpc) is 2.52. The normalized spacial score (nSPS) is 16.9. The number of nitrogens with two attached hydrogens (primary N) is 1. The predicted octanol–water partition coefficient (Wildman–Crippen LogP) is 4.51.